The Bertz CT molecular complexity index is 224. The van der Waals surface area contributed by atoms with E-state index in [0.717, 1.165) is 6.54 Å². The fraction of sp³-hybridized carbons (Fsp3) is 1.00. The Morgan fingerprint density at radius 3 is 1.08 bits per heavy atom. The summed E-state index contributed by atoms with van der Waals surface area (Å²) in [6.07, 6.45) is 25.2. The minimum Gasteiger partial charge on any atom is -0.330 e. The van der Waals surface area contributed by atoms with Gasteiger partial charge < -0.3 is 10.6 Å². The molecule has 0 saturated carbocycles. The average Bonchev–Trinajstić information content (AvgIpc) is 2.65. The van der Waals surface area contributed by atoms with Crippen molar-refractivity contribution in [3.63, 3.8) is 0 Å². The van der Waals surface area contributed by atoms with Gasteiger partial charge in [-0.2, -0.15) is 0 Å². The highest BCUT2D eigenvalue weighted by Gasteiger charge is 2.05. The van der Waals surface area contributed by atoms with Crippen molar-refractivity contribution in [3.8, 4) is 0 Å². The minimum absolute atomic E-state index is 0.861. The largest absolute Gasteiger partial charge is 0.330 e. The van der Waals surface area contributed by atoms with Crippen molar-refractivity contribution in [1.29, 1.82) is 0 Å². The lowest BCUT2D eigenvalue weighted by molar-refractivity contribution is 0.254. The maximum Gasteiger partial charge on any atom is -0.00187 e. The normalized spacial score (nSPS) is 11.5. The van der Waals surface area contributed by atoms with Gasteiger partial charge in [-0.3, -0.25) is 0 Å². The van der Waals surface area contributed by atoms with Crippen molar-refractivity contribution >= 4 is 0 Å². The van der Waals surface area contributed by atoms with Crippen LogP contribution in [-0.4, -0.2) is 31.1 Å². The molecular formula is C24H52N2. The molecule has 0 spiro atoms. The summed E-state index contributed by atoms with van der Waals surface area (Å²) in [6.45, 7) is 9.45. The standard InChI is InChI=1S/C24H52N2/c1-3-5-7-9-11-14-18-22-26(24-20-16-13-17-21-25)23-19-15-12-10-8-6-4-2/h3-25H2,1-2H3. The second-order valence-corrected chi connectivity index (χ2v) is 8.29. The van der Waals surface area contributed by atoms with Crippen molar-refractivity contribution in [2.24, 2.45) is 5.73 Å². The van der Waals surface area contributed by atoms with Gasteiger partial charge in [0.05, 0.1) is 0 Å². The molecule has 0 heterocycles. The van der Waals surface area contributed by atoms with E-state index in [4.69, 9.17) is 5.73 Å². The molecule has 0 bridgehead atoms. The van der Waals surface area contributed by atoms with Crippen molar-refractivity contribution in [3.05, 3.63) is 0 Å². The molecule has 0 aromatic carbocycles. The van der Waals surface area contributed by atoms with Crippen LogP contribution < -0.4 is 5.73 Å². The van der Waals surface area contributed by atoms with E-state index >= 15 is 0 Å². The summed E-state index contributed by atoms with van der Waals surface area (Å²) in [4.78, 5) is 2.76. The molecule has 0 radical (unpaired) electrons. The second-order valence-electron chi connectivity index (χ2n) is 8.29. The van der Waals surface area contributed by atoms with Gasteiger partial charge in [-0.1, -0.05) is 104 Å². The lowest BCUT2D eigenvalue weighted by Gasteiger charge is -2.22. The van der Waals surface area contributed by atoms with Gasteiger partial charge in [-0.15, -0.1) is 0 Å². The van der Waals surface area contributed by atoms with Crippen LogP contribution in [0.15, 0.2) is 0 Å². The Hall–Kier alpha value is -0.0800. The zero-order valence-corrected chi connectivity index (χ0v) is 18.6. The Kier molecular flexibility index (Phi) is 22.9. The summed E-state index contributed by atoms with van der Waals surface area (Å²) in [5, 5.41) is 0. The number of unbranched alkanes of at least 4 members (excludes halogenated alkanes) is 15. The predicted octanol–water partition coefficient (Wildman–Crippen LogP) is 7.31. The molecule has 26 heavy (non-hydrogen) atoms. The van der Waals surface area contributed by atoms with E-state index in [-0.39, 0.29) is 0 Å². The van der Waals surface area contributed by atoms with Crippen LogP contribution in [0.3, 0.4) is 0 Å². The van der Waals surface area contributed by atoms with Crippen molar-refractivity contribution in [2.45, 2.75) is 129 Å². The zero-order valence-electron chi connectivity index (χ0n) is 18.6. The van der Waals surface area contributed by atoms with Gasteiger partial charge in [-0.25, -0.2) is 0 Å². The van der Waals surface area contributed by atoms with E-state index in [1.165, 1.54) is 135 Å². The number of nitrogens with zero attached hydrogens (tertiary/aromatic N) is 1. The maximum atomic E-state index is 5.61. The van der Waals surface area contributed by atoms with E-state index in [1.807, 2.05) is 0 Å². The molecule has 0 rings (SSSR count). The number of hydrogen-bond acceptors (Lipinski definition) is 2. The fourth-order valence-electron chi connectivity index (χ4n) is 3.75. The molecule has 2 N–H and O–H groups in total. The Morgan fingerprint density at radius 1 is 0.423 bits per heavy atom. The van der Waals surface area contributed by atoms with Crippen LogP contribution in [0.4, 0.5) is 0 Å². The third-order valence-corrected chi connectivity index (χ3v) is 5.58. The van der Waals surface area contributed by atoms with Crippen molar-refractivity contribution < 1.29 is 0 Å². The summed E-state index contributed by atoms with van der Waals surface area (Å²) in [5.41, 5.74) is 5.61. The zero-order chi connectivity index (χ0) is 19.1. The van der Waals surface area contributed by atoms with Crippen LogP contribution in [0, 0.1) is 0 Å². The first-order chi connectivity index (χ1) is 12.8. The van der Waals surface area contributed by atoms with Gasteiger partial charge in [-0.05, 0) is 51.9 Å². The van der Waals surface area contributed by atoms with Crippen LogP contribution >= 0.6 is 0 Å². The summed E-state index contributed by atoms with van der Waals surface area (Å²) in [6, 6.07) is 0. The van der Waals surface area contributed by atoms with Crippen LogP contribution in [0.25, 0.3) is 0 Å². The first-order valence-corrected chi connectivity index (χ1v) is 12.3. The van der Waals surface area contributed by atoms with E-state index in [9.17, 15) is 0 Å². The molecule has 0 aliphatic rings. The quantitative estimate of drug-likeness (QED) is 0.203. The average molecular weight is 369 g/mol. The summed E-state index contributed by atoms with van der Waals surface area (Å²) in [5.74, 6) is 0. The van der Waals surface area contributed by atoms with Crippen LogP contribution in [0.1, 0.15) is 129 Å². The third kappa shape index (κ3) is 20.2. The summed E-state index contributed by atoms with van der Waals surface area (Å²) < 4.78 is 0. The molecule has 2 nitrogen and oxygen atoms in total. The molecule has 0 aliphatic carbocycles. The van der Waals surface area contributed by atoms with Crippen LogP contribution in [-0.2, 0) is 0 Å². The monoisotopic (exact) mass is 368 g/mol. The highest BCUT2D eigenvalue weighted by molar-refractivity contribution is 4.60. The molecule has 0 fully saturated rings. The molecule has 2 heteroatoms. The third-order valence-electron chi connectivity index (χ3n) is 5.58. The van der Waals surface area contributed by atoms with E-state index in [1.54, 1.807) is 0 Å². The van der Waals surface area contributed by atoms with Crippen molar-refractivity contribution in [1.82, 2.24) is 4.90 Å². The number of rotatable bonds is 22. The smallest absolute Gasteiger partial charge is 0.00187 e. The Balaban J connectivity index is 3.75. The van der Waals surface area contributed by atoms with Gasteiger partial charge in [0, 0.05) is 0 Å². The minimum atomic E-state index is 0.861. The SMILES string of the molecule is CCCCCCCCCN(CCCCCCN)CCCCCCCCC. The molecule has 0 saturated heterocycles. The highest BCUT2D eigenvalue weighted by Crippen LogP contribution is 2.11. The summed E-state index contributed by atoms with van der Waals surface area (Å²) >= 11 is 0. The number of hydrogen-bond donors (Lipinski definition) is 1. The van der Waals surface area contributed by atoms with Crippen LogP contribution in [0.2, 0.25) is 0 Å². The highest BCUT2D eigenvalue weighted by atomic mass is 15.1. The van der Waals surface area contributed by atoms with Crippen molar-refractivity contribution in [2.75, 3.05) is 26.2 Å². The van der Waals surface area contributed by atoms with Gasteiger partial charge in [0.15, 0.2) is 0 Å². The first-order valence-electron chi connectivity index (χ1n) is 12.3. The first kappa shape index (κ1) is 25.9. The molecule has 0 amide bonds. The molecule has 0 aliphatic heterocycles. The topological polar surface area (TPSA) is 29.3 Å². The summed E-state index contributed by atoms with van der Waals surface area (Å²) in [7, 11) is 0. The van der Waals surface area contributed by atoms with Gasteiger partial charge in [0.1, 0.15) is 0 Å². The van der Waals surface area contributed by atoms with E-state index in [0.29, 0.717) is 0 Å². The lowest BCUT2D eigenvalue weighted by atomic mass is 10.1. The Morgan fingerprint density at radius 2 is 0.731 bits per heavy atom. The Labute approximate surface area is 166 Å². The molecule has 0 atom stereocenters. The number of nitrogens with two attached hydrogens (primary N) is 1. The molecular weight excluding hydrogens is 316 g/mol. The van der Waals surface area contributed by atoms with Gasteiger partial charge in [0.25, 0.3) is 0 Å². The van der Waals surface area contributed by atoms with E-state index in [2.05, 4.69) is 18.7 Å². The molecule has 158 valence electrons. The predicted molar refractivity (Wildman–Crippen MR) is 120 cm³/mol. The maximum absolute atomic E-state index is 5.61. The second kappa shape index (κ2) is 23.0. The van der Waals surface area contributed by atoms with E-state index < -0.39 is 0 Å². The van der Waals surface area contributed by atoms with Gasteiger partial charge >= 0.3 is 0 Å². The molecule has 0 aromatic rings. The van der Waals surface area contributed by atoms with Gasteiger partial charge in [0.2, 0.25) is 0 Å². The fourth-order valence-corrected chi connectivity index (χ4v) is 3.75. The van der Waals surface area contributed by atoms with Crippen LogP contribution in [0.5, 0.6) is 0 Å². The molecule has 0 aromatic heterocycles. The lowest BCUT2D eigenvalue weighted by Crippen LogP contribution is -2.27. The molecule has 0 unspecified atom stereocenters.